The van der Waals surface area contributed by atoms with Crippen LogP contribution < -0.4 is 0 Å². The highest BCUT2D eigenvalue weighted by Crippen LogP contribution is 2.30. The summed E-state index contributed by atoms with van der Waals surface area (Å²) in [5.41, 5.74) is -0.764. The van der Waals surface area contributed by atoms with Gasteiger partial charge in [0, 0.05) is 24.5 Å². The summed E-state index contributed by atoms with van der Waals surface area (Å²) in [5, 5.41) is 11.0. The zero-order chi connectivity index (χ0) is 16.2. The highest BCUT2D eigenvalue weighted by atomic mass is 32.1. The molecule has 120 valence electrons. The molecule has 0 bridgehead atoms. The van der Waals surface area contributed by atoms with E-state index in [1.807, 2.05) is 17.5 Å². The second-order valence-electron chi connectivity index (χ2n) is 4.86. The third-order valence-corrected chi connectivity index (χ3v) is 3.93. The fourth-order valence-electron chi connectivity index (χ4n) is 2.14. The molecule has 2 nitrogen and oxygen atoms in total. The lowest BCUT2D eigenvalue weighted by Gasteiger charge is -2.21. The van der Waals surface area contributed by atoms with Gasteiger partial charge in [0.2, 0.25) is 0 Å². The van der Waals surface area contributed by atoms with Crippen molar-refractivity contribution in [1.82, 2.24) is 4.90 Å². The van der Waals surface area contributed by atoms with Gasteiger partial charge in [0.05, 0.1) is 12.2 Å². The normalized spacial score (nSPS) is 12.1. The topological polar surface area (TPSA) is 23.5 Å². The number of aliphatic hydroxyl groups excluding tert-OH is 1. The van der Waals surface area contributed by atoms with Gasteiger partial charge < -0.3 is 5.11 Å². The van der Waals surface area contributed by atoms with Gasteiger partial charge >= 0.3 is 6.18 Å². The molecule has 7 heteroatoms. The minimum Gasteiger partial charge on any atom is -0.395 e. The molecular weight excluding hydrogens is 318 g/mol. The maximum Gasteiger partial charge on any atom is 0.416 e. The third-order valence-electron chi connectivity index (χ3n) is 3.07. The Kier molecular flexibility index (Phi) is 5.55. The SMILES string of the molecule is OCCN(Cc1cc(F)cc(C(F)(F)F)c1)Cc1cccs1. The highest BCUT2D eigenvalue weighted by molar-refractivity contribution is 7.09. The Morgan fingerprint density at radius 1 is 1.14 bits per heavy atom. The first-order chi connectivity index (χ1) is 10.4. The van der Waals surface area contributed by atoms with Crippen molar-refractivity contribution in [1.29, 1.82) is 0 Å². The number of hydrogen-bond acceptors (Lipinski definition) is 3. The van der Waals surface area contributed by atoms with Gasteiger partial charge in [-0.15, -0.1) is 11.3 Å². The zero-order valence-electron chi connectivity index (χ0n) is 11.6. The molecule has 0 aliphatic rings. The molecule has 1 aromatic carbocycles. The summed E-state index contributed by atoms with van der Waals surface area (Å²) in [6.07, 6.45) is -4.58. The third kappa shape index (κ3) is 4.79. The molecule has 2 aromatic rings. The summed E-state index contributed by atoms with van der Waals surface area (Å²) in [7, 11) is 0. The standard InChI is InChI=1S/C15H15F4NOS/c16-13-7-11(6-12(8-13)15(17,18)19)9-20(3-4-21)10-14-2-1-5-22-14/h1-2,5-8,21H,3-4,9-10H2. The van der Waals surface area contributed by atoms with Crippen LogP contribution >= 0.6 is 11.3 Å². The molecule has 0 aliphatic heterocycles. The van der Waals surface area contributed by atoms with E-state index in [0.717, 1.165) is 17.0 Å². The van der Waals surface area contributed by atoms with Crippen LogP contribution in [0.4, 0.5) is 17.6 Å². The average Bonchev–Trinajstić information content (AvgIpc) is 2.90. The van der Waals surface area contributed by atoms with Crippen LogP contribution in [0.15, 0.2) is 35.7 Å². The van der Waals surface area contributed by atoms with E-state index < -0.39 is 17.6 Å². The van der Waals surface area contributed by atoms with E-state index in [1.165, 1.54) is 11.3 Å². The molecular formula is C15H15F4NOS. The lowest BCUT2D eigenvalue weighted by Crippen LogP contribution is -2.26. The first-order valence-electron chi connectivity index (χ1n) is 6.61. The lowest BCUT2D eigenvalue weighted by atomic mass is 10.1. The largest absolute Gasteiger partial charge is 0.416 e. The van der Waals surface area contributed by atoms with Crippen LogP contribution in [0.2, 0.25) is 0 Å². The summed E-state index contributed by atoms with van der Waals surface area (Å²) >= 11 is 1.52. The van der Waals surface area contributed by atoms with E-state index in [-0.39, 0.29) is 18.7 Å². The summed E-state index contributed by atoms with van der Waals surface area (Å²) in [5.74, 6) is -0.912. The van der Waals surface area contributed by atoms with Crippen molar-refractivity contribution in [2.24, 2.45) is 0 Å². The number of aliphatic hydroxyl groups is 1. The molecule has 1 aromatic heterocycles. The Morgan fingerprint density at radius 2 is 1.91 bits per heavy atom. The van der Waals surface area contributed by atoms with E-state index in [0.29, 0.717) is 19.2 Å². The maximum absolute atomic E-state index is 13.4. The molecule has 0 spiro atoms. The molecule has 0 saturated heterocycles. The van der Waals surface area contributed by atoms with Crippen molar-refractivity contribution in [2.45, 2.75) is 19.3 Å². The quantitative estimate of drug-likeness (QED) is 0.811. The van der Waals surface area contributed by atoms with Gasteiger partial charge in [-0.25, -0.2) is 4.39 Å². The first kappa shape index (κ1) is 16.9. The summed E-state index contributed by atoms with van der Waals surface area (Å²) < 4.78 is 51.6. The van der Waals surface area contributed by atoms with E-state index >= 15 is 0 Å². The van der Waals surface area contributed by atoms with Crippen LogP contribution in [0.1, 0.15) is 16.0 Å². The van der Waals surface area contributed by atoms with Gasteiger partial charge in [-0.1, -0.05) is 6.07 Å². The Hall–Kier alpha value is -1.44. The molecule has 0 atom stereocenters. The van der Waals surface area contributed by atoms with Crippen LogP contribution in [0.5, 0.6) is 0 Å². The van der Waals surface area contributed by atoms with Gasteiger partial charge in [0.25, 0.3) is 0 Å². The second-order valence-corrected chi connectivity index (χ2v) is 5.89. The maximum atomic E-state index is 13.4. The van der Waals surface area contributed by atoms with Gasteiger partial charge in [-0.05, 0) is 35.2 Å². The van der Waals surface area contributed by atoms with Gasteiger partial charge in [-0.2, -0.15) is 13.2 Å². The predicted octanol–water partition coefficient (Wildman–Crippen LogP) is 3.90. The molecule has 2 rings (SSSR count). The van der Waals surface area contributed by atoms with Gasteiger partial charge in [0.15, 0.2) is 0 Å². The van der Waals surface area contributed by atoms with Crippen LogP contribution in [0.3, 0.4) is 0 Å². The molecule has 0 aliphatic carbocycles. The highest BCUT2D eigenvalue weighted by Gasteiger charge is 2.31. The lowest BCUT2D eigenvalue weighted by molar-refractivity contribution is -0.137. The Bertz CT molecular complexity index is 598. The second kappa shape index (κ2) is 7.21. The van der Waals surface area contributed by atoms with E-state index in [9.17, 15) is 17.6 Å². The van der Waals surface area contributed by atoms with E-state index in [2.05, 4.69) is 0 Å². The minimum atomic E-state index is -4.58. The fourth-order valence-corrected chi connectivity index (χ4v) is 2.89. The van der Waals surface area contributed by atoms with Crippen LogP contribution in [0.25, 0.3) is 0 Å². The molecule has 0 radical (unpaired) electrons. The number of benzene rings is 1. The summed E-state index contributed by atoms with van der Waals surface area (Å²) in [6.45, 7) is 0.817. The molecule has 0 saturated carbocycles. The summed E-state index contributed by atoms with van der Waals surface area (Å²) in [4.78, 5) is 2.81. The van der Waals surface area contributed by atoms with Crippen molar-refractivity contribution in [3.05, 3.63) is 57.5 Å². The van der Waals surface area contributed by atoms with Crippen molar-refractivity contribution < 1.29 is 22.7 Å². The molecule has 1 N–H and O–H groups in total. The Labute approximate surface area is 129 Å². The Balaban J connectivity index is 2.17. The molecule has 0 fully saturated rings. The number of thiophene rings is 1. The zero-order valence-corrected chi connectivity index (χ0v) is 12.4. The predicted molar refractivity (Wildman–Crippen MR) is 76.9 cm³/mol. The minimum absolute atomic E-state index is 0.118. The van der Waals surface area contributed by atoms with Crippen LogP contribution in [0, 0.1) is 5.82 Å². The monoisotopic (exact) mass is 333 g/mol. The Morgan fingerprint density at radius 3 is 2.50 bits per heavy atom. The van der Waals surface area contributed by atoms with E-state index in [1.54, 1.807) is 4.90 Å². The number of nitrogens with zero attached hydrogens (tertiary/aromatic N) is 1. The molecule has 0 unspecified atom stereocenters. The van der Waals surface area contributed by atoms with Crippen molar-refractivity contribution >= 4 is 11.3 Å². The van der Waals surface area contributed by atoms with Crippen LogP contribution in [-0.4, -0.2) is 23.2 Å². The summed E-state index contributed by atoms with van der Waals surface area (Å²) in [6, 6.07) is 6.30. The van der Waals surface area contributed by atoms with Gasteiger partial charge in [-0.3, -0.25) is 4.90 Å². The number of hydrogen-bond donors (Lipinski definition) is 1. The number of rotatable bonds is 6. The fraction of sp³-hybridized carbons (Fsp3) is 0.333. The van der Waals surface area contributed by atoms with Crippen molar-refractivity contribution in [3.8, 4) is 0 Å². The smallest absolute Gasteiger partial charge is 0.395 e. The van der Waals surface area contributed by atoms with Crippen molar-refractivity contribution in [3.63, 3.8) is 0 Å². The first-order valence-corrected chi connectivity index (χ1v) is 7.48. The van der Waals surface area contributed by atoms with E-state index in [4.69, 9.17) is 5.11 Å². The van der Waals surface area contributed by atoms with Gasteiger partial charge in [0.1, 0.15) is 5.82 Å². The van der Waals surface area contributed by atoms with Crippen molar-refractivity contribution in [2.75, 3.05) is 13.2 Å². The number of halogens is 4. The molecule has 1 heterocycles. The number of alkyl halides is 3. The average molecular weight is 333 g/mol. The van der Waals surface area contributed by atoms with Crippen LogP contribution in [-0.2, 0) is 19.3 Å². The molecule has 22 heavy (non-hydrogen) atoms. The molecule has 0 amide bonds.